The zero-order valence-electron chi connectivity index (χ0n) is 18.2. The Kier molecular flexibility index (Phi) is 9.02. The molecule has 5 atom stereocenters. The molecule has 0 radical (unpaired) electrons. The summed E-state index contributed by atoms with van der Waals surface area (Å²) in [4.78, 5) is 1.86. The first kappa shape index (κ1) is 23.9. The molecule has 0 spiro atoms. The van der Waals surface area contributed by atoms with Crippen LogP contribution in [0.3, 0.4) is 0 Å². The highest BCUT2D eigenvalue weighted by molar-refractivity contribution is 5.63. The molecule has 0 amide bonds. The number of benzene rings is 2. The molecule has 2 aromatic carbocycles. The minimum atomic E-state index is -1.20. The summed E-state index contributed by atoms with van der Waals surface area (Å²) in [6.45, 7) is 3.40. The molecule has 2 aromatic rings. The number of likely N-dealkylation sites (tertiary alicyclic amines) is 1. The van der Waals surface area contributed by atoms with Gasteiger partial charge >= 0.3 is 0 Å². The zero-order valence-corrected chi connectivity index (χ0v) is 18.2. The van der Waals surface area contributed by atoms with E-state index in [-0.39, 0.29) is 19.3 Å². The summed E-state index contributed by atoms with van der Waals surface area (Å²) in [6, 6.07) is 18.2. The van der Waals surface area contributed by atoms with E-state index in [0.717, 1.165) is 24.8 Å². The van der Waals surface area contributed by atoms with E-state index < -0.39 is 24.4 Å². The smallest absolute Gasteiger partial charge is 0.109 e. The van der Waals surface area contributed by atoms with Gasteiger partial charge in [0, 0.05) is 13.2 Å². The van der Waals surface area contributed by atoms with Gasteiger partial charge in [-0.05, 0) is 49.4 Å². The Labute approximate surface area is 184 Å². The number of piperidine rings is 1. The lowest BCUT2D eigenvalue weighted by atomic mass is 9.94. The van der Waals surface area contributed by atoms with E-state index >= 15 is 0 Å². The lowest BCUT2D eigenvalue weighted by Crippen LogP contribution is -2.62. The van der Waals surface area contributed by atoms with Gasteiger partial charge in [-0.15, -0.1) is 0 Å². The van der Waals surface area contributed by atoms with E-state index in [1.165, 1.54) is 11.1 Å². The molecule has 0 aromatic heterocycles. The molecule has 31 heavy (non-hydrogen) atoms. The summed E-state index contributed by atoms with van der Waals surface area (Å²) in [5.74, 6) is 0. The normalized spacial score (nSPS) is 25.5. The van der Waals surface area contributed by atoms with Crippen LogP contribution in [0.2, 0.25) is 0 Å². The first-order valence-corrected chi connectivity index (χ1v) is 11.2. The molecule has 1 aliphatic rings. The third-order valence-electron chi connectivity index (χ3n) is 6.16. The molecule has 0 bridgehead atoms. The highest BCUT2D eigenvalue weighted by atomic mass is 16.5. The predicted octanol–water partition coefficient (Wildman–Crippen LogP) is 2.36. The molecule has 3 rings (SSSR count). The second kappa shape index (κ2) is 11.7. The number of aliphatic hydroxyl groups is 4. The van der Waals surface area contributed by atoms with Crippen molar-refractivity contribution in [1.29, 1.82) is 0 Å². The molecule has 4 N–H and O–H groups in total. The van der Waals surface area contributed by atoms with Crippen LogP contribution >= 0.6 is 0 Å². The van der Waals surface area contributed by atoms with Gasteiger partial charge in [0.15, 0.2) is 0 Å². The summed E-state index contributed by atoms with van der Waals surface area (Å²) < 4.78 is 5.99. The first-order valence-electron chi connectivity index (χ1n) is 11.2. The van der Waals surface area contributed by atoms with Gasteiger partial charge in [0.2, 0.25) is 0 Å². The fourth-order valence-electron chi connectivity index (χ4n) is 4.16. The van der Waals surface area contributed by atoms with E-state index in [1.807, 2.05) is 23.1 Å². The van der Waals surface area contributed by atoms with Crippen molar-refractivity contribution in [2.75, 3.05) is 26.3 Å². The quantitative estimate of drug-likeness (QED) is 0.433. The SMILES string of the molecule is C[C@@H](OCCCCCN1C[C@H](O)[C@@H](O)[C@H](O)[C@H]1CO)c1ccc(-c2ccccc2)cc1. The number of hydrogen-bond donors (Lipinski definition) is 4. The Balaban J connectivity index is 1.36. The third kappa shape index (κ3) is 6.35. The Bertz CT molecular complexity index is 769. The maximum atomic E-state index is 10.0. The van der Waals surface area contributed by atoms with Crippen molar-refractivity contribution in [3.8, 4) is 11.1 Å². The molecule has 0 unspecified atom stereocenters. The van der Waals surface area contributed by atoms with Crippen LogP contribution in [0.25, 0.3) is 11.1 Å². The zero-order chi connectivity index (χ0) is 22.2. The number of β-amino-alcohol motifs (C(OH)–C–C–N with tert-alkyl or cyclic N) is 1. The van der Waals surface area contributed by atoms with E-state index in [0.29, 0.717) is 13.2 Å². The van der Waals surface area contributed by atoms with Crippen LogP contribution in [-0.4, -0.2) is 76.0 Å². The Hall–Kier alpha value is -1.80. The van der Waals surface area contributed by atoms with Crippen LogP contribution in [0, 0.1) is 0 Å². The van der Waals surface area contributed by atoms with Gasteiger partial charge in [-0.25, -0.2) is 0 Å². The van der Waals surface area contributed by atoms with Gasteiger partial charge in [-0.3, -0.25) is 4.90 Å². The van der Waals surface area contributed by atoms with E-state index in [2.05, 4.69) is 43.3 Å². The fraction of sp³-hybridized carbons (Fsp3) is 0.520. The minimum absolute atomic E-state index is 0.0254. The summed E-state index contributed by atoms with van der Waals surface area (Å²) in [5.41, 5.74) is 3.55. The van der Waals surface area contributed by atoms with Gasteiger partial charge in [-0.2, -0.15) is 0 Å². The molecule has 0 aliphatic carbocycles. The van der Waals surface area contributed by atoms with Crippen molar-refractivity contribution < 1.29 is 25.2 Å². The van der Waals surface area contributed by atoms with Crippen LogP contribution < -0.4 is 0 Å². The van der Waals surface area contributed by atoms with Gasteiger partial charge in [-0.1, -0.05) is 54.6 Å². The number of aliphatic hydroxyl groups excluding tert-OH is 4. The van der Waals surface area contributed by atoms with Crippen molar-refractivity contribution in [1.82, 2.24) is 4.90 Å². The largest absolute Gasteiger partial charge is 0.395 e. The molecule has 6 nitrogen and oxygen atoms in total. The van der Waals surface area contributed by atoms with Gasteiger partial charge < -0.3 is 25.2 Å². The van der Waals surface area contributed by atoms with Crippen molar-refractivity contribution >= 4 is 0 Å². The number of unbranched alkanes of at least 4 members (excludes halogenated alkanes) is 2. The minimum Gasteiger partial charge on any atom is -0.395 e. The average molecular weight is 430 g/mol. The number of nitrogens with zero attached hydrogens (tertiary/aromatic N) is 1. The van der Waals surface area contributed by atoms with Crippen LogP contribution in [0.15, 0.2) is 54.6 Å². The number of ether oxygens (including phenoxy) is 1. The molecule has 1 heterocycles. The average Bonchev–Trinajstić information content (AvgIpc) is 2.80. The molecule has 0 saturated carbocycles. The highest BCUT2D eigenvalue weighted by Crippen LogP contribution is 2.24. The maximum absolute atomic E-state index is 10.0. The molecular weight excluding hydrogens is 394 g/mol. The molecule has 1 aliphatic heterocycles. The second-order valence-electron chi connectivity index (χ2n) is 8.36. The van der Waals surface area contributed by atoms with Crippen molar-refractivity contribution in [3.05, 3.63) is 60.2 Å². The van der Waals surface area contributed by atoms with E-state index in [1.54, 1.807) is 0 Å². The topological polar surface area (TPSA) is 93.4 Å². The van der Waals surface area contributed by atoms with Gasteiger partial charge in [0.25, 0.3) is 0 Å². The Morgan fingerprint density at radius 2 is 1.58 bits per heavy atom. The Morgan fingerprint density at radius 1 is 0.903 bits per heavy atom. The number of hydrogen-bond acceptors (Lipinski definition) is 6. The van der Waals surface area contributed by atoms with Crippen molar-refractivity contribution in [3.63, 3.8) is 0 Å². The van der Waals surface area contributed by atoms with Crippen molar-refractivity contribution in [2.24, 2.45) is 0 Å². The standard InChI is InChI=1S/C25H35NO5/c1-18(19-10-12-21(13-11-19)20-8-4-2-5-9-20)31-15-7-3-6-14-26-16-23(28)25(30)24(29)22(26)17-27/h2,4-5,8-13,18,22-25,27-30H,3,6-7,14-17H2,1H3/t18-,22-,23+,24-,25-/m1/s1. The van der Waals surface area contributed by atoms with E-state index in [9.17, 15) is 20.4 Å². The van der Waals surface area contributed by atoms with Crippen LogP contribution in [-0.2, 0) is 4.74 Å². The van der Waals surface area contributed by atoms with Gasteiger partial charge in [0.1, 0.15) is 12.2 Å². The highest BCUT2D eigenvalue weighted by Gasteiger charge is 2.40. The fourth-order valence-corrected chi connectivity index (χ4v) is 4.16. The summed E-state index contributed by atoms with van der Waals surface area (Å²) in [7, 11) is 0. The lowest BCUT2D eigenvalue weighted by molar-refractivity contribution is -0.145. The lowest BCUT2D eigenvalue weighted by Gasteiger charge is -2.43. The summed E-state index contributed by atoms with van der Waals surface area (Å²) in [6.07, 6.45) is -0.569. The predicted molar refractivity (Wildman–Crippen MR) is 121 cm³/mol. The summed E-state index contributed by atoms with van der Waals surface area (Å²) >= 11 is 0. The van der Waals surface area contributed by atoms with Gasteiger partial charge in [0.05, 0.1) is 24.9 Å². The first-order chi connectivity index (χ1) is 15.0. The Morgan fingerprint density at radius 3 is 2.26 bits per heavy atom. The molecule has 6 heteroatoms. The molecular formula is C25H35NO5. The maximum Gasteiger partial charge on any atom is 0.109 e. The monoisotopic (exact) mass is 429 g/mol. The van der Waals surface area contributed by atoms with Crippen LogP contribution in [0.5, 0.6) is 0 Å². The molecule has 1 saturated heterocycles. The molecule has 1 fully saturated rings. The summed E-state index contributed by atoms with van der Waals surface area (Å²) in [5, 5.41) is 39.2. The third-order valence-corrected chi connectivity index (χ3v) is 6.16. The van der Waals surface area contributed by atoms with Crippen LogP contribution in [0.1, 0.15) is 37.9 Å². The molecule has 170 valence electrons. The van der Waals surface area contributed by atoms with Crippen molar-refractivity contribution in [2.45, 2.75) is 56.6 Å². The second-order valence-corrected chi connectivity index (χ2v) is 8.36. The van der Waals surface area contributed by atoms with E-state index in [4.69, 9.17) is 4.74 Å². The number of rotatable bonds is 10. The van der Waals surface area contributed by atoms with Crippen LogP contribution in [0.4, 0.5) is 0 Å².